The molecule has 10 heteroatoms. The van der Waals surface area contributed by atoms with Crippen LogP contribution < -0.4 is 15.4 Å². The molecule has 0 aliphatic carbocycles. The summed E-state index contributed by atoms with van der Waals surface area (Å²) in [6, 6.07) is 17.7. The highest BCUT2D eigenvalue weighted by Crippen LogP contribution is 2.39. The van der Waals surface area contributed by atoms with Crippen LogP contribution in [0.25, 0.3) is 11.0 Å². The summed E-state index contributed by atoms with van der Waals surface area (Å²) in [6.45, 7) is 14.6. The molecule has 1 aliphatic rings. The first-order valence-electron chi connectivity index (χ1n) is 16.4. The van der Waals surface area contributed by atoms with Gasteiger partial charge >= 0.3 is 0 Å². The predicted molar refractivity (Wildman–Crippen MR) is 183 cm³/mol. The van der Waals surface area contributed by atoms with E-state index in [-0.39, 0.29) is 17.4 Å². The van der Waals surface area contributed by atoms with E-state index in [2.05, 4.69) is 11.0 Å². The first-order valence-corrected chi connectivity index (χ1v) is 16.4. The van der Waals surface area contributed by atoms with Gasteiger partial charge in [-0.15, -0.1) is 0 Å². The zero-order valence-corrected chi connectivity index (χ0v) is 28.5. The van der Waals surface area contributed by atoms with Gasteiger partial charge in [0.25, 0.3) is 5.56 Å². The average molecular weight is 643 g/mol. The zero-order valence-electron chi connectivity index (χ0n) is 28.5. The number of carbonyl (C=O) groups is 2. The van der Waals surface area contributed by atoms with Crippen LogP contribution in [0.1, 0.15) is 63.4 Å². The third-order valence-electron chi connectivity index (χ3n) is 8.81. The molecule has 2 aromatic carbocycles. The Balaban J connectivity index is 1.50. The molecule has 0 bridgehead atoms. The molecule has 0 saturated carbocycles. The molecule has 250 valence electrons. The van der Waals surface area contributed by atoms with Crippen LogP contribution in [0.15, 0.2) is 70.0 Å². The maximum atomic E-state index is 13.5. The smallest absolute Gasteiger partial charge is 0.261 e. The number of hydrogen-bond acceptors (Lipinski definition) is 7. The Kier molecular flexibility index (Phi) is 10.3. The number of nitrogens with zero attached hydrogens (tertiary/aromatic N) is 4. The van der Waals surface area contributed by atoms with Crippen LogP contribution in [0.2, 0.25) is 0 Å². The largest absolute Gasteiger partial charge is 0.461 e. The number of amides is 2. The van der Waals surface area contributed by atoms with E-state index < -0.39 is 11.7 Å². The van der Waals surface area contributed by atoms with Gasteiger partial charge in [-0.3, -0.25) is 19.3 Å². The number of rotatable bonds is 13. The van der Waals surface area contributed by atoms with Crippen molar-refractivity contribution in [3.05, 3.63) is 93.6 Å². The molecule has 3 heterocycles. The van der Waals surface area contributed by atoms with Gasteiger partial charge in [-0.25, -0.2) is 0 Å². The van der Waals surface area contributed by atoms with Crippen LogP contribution >= 0.6 is 0 Å². The highest BCUT2D eigenvalue weighted by molar-refractivity contribution is 6.19. The molecular weight excluding hydrogens is 596 g/mol. The minimum absolute atomic E-state index is 0.0930. The van der Waals surface area contributed by atoms with E-state index in [1.165, 1.54) is 0 Å². The number of pyridine rings is 1. The quantitative estimate of drug-likeness (QED) is 0.130. The summed E-state index contributed by atoms with van der Waals surface area (Å²) in [5.74, 6) is 0.240. The number of anilines is 2. The van der Waals surface area contributed by atoms with E-state index in [9.17, 15) is 14.4 Å². The van der Waals surface area contributed by atoms with E-state index in [4.69, 9.17) is 13.9 Å². The van der Waals surface area contributed by atoms with Crippen molar-refractivity contribution in [2.45, 2.75) is 67.5 Å². The van der Waals surface area contributed by atoms with Gasteiger partial charge in [-0.05, 0) is 76.9 Å². The highest BCUT2D eigenvalue weighted by Gasteiger charge is 2.45. The second-order valence-electron chi connectivity index (χ2n) is 12.5. The van der Waals surface area contributed by atoms with Crippen LogP contribution in [-0.2, 0) is 38.7 Å². The van der Waals surface area contributed by atoms with Crippen molar-refractivity contribution < 1.29 is 23.5 Å². The number of benzene rings is 2. The van der Waals surface area contributed by atoms with Gasteiger partial charge < -0.3 is 28.3 Å². The van der Waals surface area contributed by atoms with E-state index in [0.29, 0.717) is 74.0 Å². The van der Waals surface area contributed by atoms with Crippen molar-refractivity contribution in [3.8, 4) is 0 Å². The van der Waals surface area contributed by atoms with E-state index in [0.717, 1.165) is 16.7 Å². The molecule has 5 rings (SSSR count). The van der Waals surface area contributed by atoms with Crippen molar-refractivity contribution in [2.24, 2.45) is 5.41 Å². The van der Waals surface area contributed by atoms with Crippen molar-refractivity contribution in [1.29, 1.82) is 0 Å². The molecule has 2 amide bonds. The molecule has 10 nitrogen and oxygen atoms in total. The summed E-state index contributed by atoms with van der Waals surface area (Å²) in [7, 11) is 1.73. The first kappa shape index (κ1) is 34.1. The standard InChI is InChI=1S/C37H46N4O6/c1-8-41-30-16-15-26(22-31(30)38(7)35(43)37(5,6)36(41)44)23-39(19-20-40-18-17-32-29(33(40)42)21-25(4)47-32)24-27-13-11-12-14-28(27)34(45-9-2)46-10-3/h11-18,21-22,34H,8-10,19-20,23-24H2,1-7H3. The summed E-state index contributed by atoms with van der Waals surface area (Å²) in [5, 5.41) is 0.564. The fourth-order valence-electron chi connectivity index (χ4n) is 6.33. The lowest BCUT2D eigenvalue weighted by Gasteiger charge is -2.28. The van der Waals surface area contributed by atoms with Crippen LogP contribution in [0.5, 0.6) is 0 Å². The van der Waals surface area contributed by atoms with Crippen molar-refractivity contribution in [3.63, 3.8) is 0 Å². The molecule has 0 saturated heterocycles. The summed E-state index contributed by atoms with van der Waals surface area (Å²) < 4.78 is 19.3. The number of fused-ring (bicyclic) bond motifs is 2. The Morgan fingerprint density at radius 2 is 1.62 bits per heavy atom. The first-order chi connectivity index (χ1) is 22.5. The Morgan fingerprint density at radius 3 is 2.32 bits per heavy atom. The Hall–Kier alpha value is -4.25. The minimum atomic E-state index is -1.18. The van der Waals surface area contributed by atoms with Crippen LogP contribution in [0, 0.1) is 12.3 Å². The van der Waals surface area contributed by atoms with Gasteiger partial charge in [0.2, 0.25) is 11.8 Å². The number of hydrogen-bond donors (Lipinski definition) is 0. The summed E-state index contributed by atoms with van der Waals surface area (Å²) in [5.41, 5.74) is 3.70. The average Bonchev–Trinajstić information content (AvgIpc) is 3.43. The third-order valence-corrected chi connectivity index (χ3v) is 8.81. The van der Waals surface area contributed by atoms with Gasteiger partial charge in [0.05, 0.1) is 16.8 Å². The number of aryl methyl sites for hydroxylation is 1. The molecule has 0 fully saturated rings. The highest BCUT2D eigenvalue weighted by atomic mass is 16.7. The maximum Gasteiger partial charge on any atom is 0.261 e. The molecule has 0 N–H and O–H groups in total. The minimum Gasteiger partial charge on any atom is -0.461 e. The second-order valence-corrected chi connectivity index (χ2v) is 12.5. The number of furan rings is 1. The van der Waals surface area contributed by atoms with Crippen molar-refractivity contribution in [1.82, 2.24) is 9.47 Å². The lowest BCUT2D eigenvalue weighted by atomic mass is 9.90. The Labute approximate surface area is 276 Å². The van der Waals surface area contributed by atoms with Crippen molar-refractivity contribution >= 4 is 34.2 Å². The SMILES string of the molecule is CCOC(OCC)c1ccccc1CN(CCn1ccc2oc(C)cc2c1=O)Cc1ccc2c(c1)N(C)C(=O)C(C)(C)C(=O)N2CC. The van der Waals surface area contributed by atoms with Crippen LogP contribution in [0.4, 0.5) is 11.4 Å². The van der Waals surface area contributed by atoms with E-state index >= 15 is 0 Å². The van der Waals surface area contributed by atoms with E-state index in [1.54, 1.807) is 47.5 Å². The maximum absolute atomic E-state index is 13.5. The lowest BCUT2D eigenvalue weighted by molar-refractivity contribution is -0.141. The molecule has 1 aliphatic heterocycles. The fourth-order valence-corrected chi connectivity index (χ4v) is 6.33. The topological polar surface area (TPSA) is 97.5 Å². The number of carbonyl (C=O) groups excluding carboxylic acids is 2. The number of aromatic nitrogens is 1. The molecule has 0 unspecified atom stereocenters. The van der Waals surface area contributed by atoms with Crippen LogP contribution in [-0.4, -0.2) is 54.6 Å². The zero-order chi connectivity index (χ0) is 33.9. The Bertz CT molecular complexity index is 1800. The molecule has 0 radical (unpaired) electrons. The van der Waals surface area contributed by atoms with Crippen LogP contribution in [0.3, 0.4) is 0 Å². The van der Waals surface area contributed by atoms with E-state index in [1.807, 2.05) is 70.2 Å². The van der Waals surface area contributed by atoms with Gasteiger partial charge in [-0.2, -0.15) is 0 Å². The second kappa shape index (κ2) is 14.3. The number of ether oxygens (including phenoxy) is 2. The molecule has 47 heavy (non-hydrogen) atoms. The molecular formula is C37H46N4O6. The molecule has 0 atom stereocenters. The van der Waals surface area contributed by atoms with Gasteiger partial charge in [0, 0.05) is 64.7 Å². The summed E-state index contributed by atoms with van der Waals surface area (Å²) in [4.78, 5) is 45.8. The summed E-state index contributed by atoms with van der Waals surface area (Å²) >= 11 is 0. The normalized spacial score (nSPS) is 14.8. The van der Waals surface area contributed by atoms with Gasteiger partial charge in [0.1, 0.15) is 16.8 Å². The molecule has 2 aromatic heterocycles. The predicted octanol–water partition coefficient (Wildman–Crippen LogP) is 6.03. The van der Waals surface area contributed by atoms with Crippen molar-refractivity contribution in [2.75, 3.05) is 43.2 Å². The monoisotopic (exact) mass is 642 g/mol. The molecule has 0 spiro atoms. The third kappa shape index (κ3) is 6.90. The molecule has 4 aromatic rings. The lowest BCUT2D eigenvalue weighted by Crippen LogP contribution is -2.47. The fraction of sp³-hybridized carbons (Fsp3) is 0.432. The van der Waals surface area contributed by atoms with Gasteiger partial charge in [-0.1, -0.05) is 30.3 Å². The summed E-state index contributed by atoms with van der Waals surface area (Å²) in [6.07, 6.45) is 1.28. The van der Waals surface area contributed by atoms with Gasteiger partial charge in [0.15, 0.2) is 6.29 Å². The Morgan fingerprint density at radius 1 is 0.894 bits per heavy atom.